The van der Waals surface area contributed by atoms with Crippen LogP contribution in [0.25, 0.3) is 0 Å². The number of benzene rings is 1. The zero-order valence-corrected chi connectivity index (χ0v) is 14.8. The SMILES string of the molecule is COc1ccc(/C=N\N2C(=O)[C@@H]3[C@@H](C2=O)[C@@H]2C=C[C@@H]3CC2)cc1Br. The minimum Gasteiger partial charge on any atom is -0.496 e. The molecule has 5 nitrogen and oxygen atoms in total. The number of halogens is 1. The molecule has 1 aromatic carbocycles. The lowest BCUT2D eigenvalue weighted by Crippen LogP contribution is -2.38. The number of carbonyl (C=O) groups is 2. The fourth-order valence-corrected chi connectivity index (χ4v) is 4.62. The minimum absolute atomic E-state index is 0.159. The van der Waals surface area contributed by atoms with Crippen LogP contribution in [-0.2, 0) is 9.59 Å². The molecule has 0 aromatic heterocycles. The van der Waals surface area contributed by atoms with E-state index < -0.39 is 0 Å². The zero-order chi connectivity index (χ0) is 16.8. The molecular weight excluding hydrogens is 372 g/mol. The molecule has 6 heteroatoms. The van der Waals surface area contributed by atoms with Crippen LogP contribution < -0.4 is 4.74 Å². The summed E-state index contributed by atoms with van der Waals surface area (Å²) in [6.07, 6.45) is 7.74. The van der Waals surface area contributed by atoms with Crippen LogP contribution in [0.15, 0.2) is 39.9 Å². The summed E-state index contributed by atoms with van der Waals surface area (Å²) < 4.78 is 5.99. The first-order valence-electron chi connectivity index (χ1n) is 8.04. The van der Waals surface area contributed by atoms with E-state index in [4.69, 9.17) is 4.74 Å². The number of allylic oxidation sites excluding steroid dienone is 2. The summed E-state index contributed by atoms with van der Waals surface area (Å²) in [5, 5.41) is 5.27. The number of imide groups is 1. The molecule has 1 saturated carbocycles. The monoisotopic (exact) mass is 388 g/mol. The van der Waals surface area contributed by atoms with E-state index in [-0.39, 0.29) is 35.5 Å². The second-order valence-corrected chi connectivity index (χ2v) is 7.32. The maximum Gasteiger partial charge on any atom is 0.254 e. The van der Waals surface area contributed by atoms with Crippen LogP contribution in [0.4, 0.5) is 0 Å². The van der Waals surface area contributed by atoms with E-state index in [1.54, 1.807) is 13.3 Å². The standard InChI is InChI=1S/C18H17BrN2O3/c1-24-14-7-2-10(8-13(14)19)9-20-21-17(22)15-11-3-4-12(6-5-11)16(15)18(21)23/h2-4,7-9,11-12,15-16H,5-6H2,1H3/b20-9-/t11-,12-,15+,16+/m1/s1. The molecule has 5 rings (SSSR count). The van der Waals surface area contributed by atoms with Gasteiger partial charge in [-0.25, -0.2) is 0 Å². The summed E-state index contributed by atoms with van der Waals surface area (Å²) in [5.41, 5.74) is 0.791. The number of hydrogen-bond acceptors (Lipinski definition) is 4. The Kier molecular flexibility index (Phi) is 3.79. The van der Waals surface area contributed by atoms with Crippen molar-refractivity contribution in [1.82, 2.24) is 5.01 Å². The molecule has 1 heterocycles. The Morgan fingerprint density at radius 1 is 1.17 bits per heavy atom. The smallest absolute Gasteiger partial charge is 0.254 e. The van der Waals surface area contributed by atoms with Gasteiger partial charge in [-0.05, 0) is 64.4 Å². The van der Waals surface area contributed by atoms with Crippen molar-refractivity contribution in [2.75, 3.05) is 7.11 Å². The molecule has 0 N–H and O–H groups in total. The van der Waals surface area contributed by atoms with Gasteiger partial charge < -0.3 is 4.74 Å². The van der Waals surface area contributed by atoms with E-state index in [0.717, 1.165) is 27.9 Å². The molecule has 2 fully saturated rings. The molecular formula is C18H17BrN2O3. The number of carbonyl (C=O) groups excluding carboxylic acids is 2. The lowest BCUT2D eigenvalue weighted by atomic mass is 9.63. The maximum absolute atomic E-state index is 12.7. The summed E-state index contributed by atoms with van der Waals surface area (Å²) in [7, 11) is 1.60. The molecule has 0 spiro atoms. The Morgan fingerprint density at radius 3 is 2.29 bits per heavy atom. The summed E-state index contributed by atoms with van der Waals surface area (Å²) in [6.45, 7) is 0. The molecule has 2 amide bonds. The largest absolute Gasteiger partial charge is 0.496 e. The van der Waals surface area contributed by atoms with Gasteiger partial charge in [-0.1, -0.05) is 12.2 Å². The van der Waals surface area contributed by atoms with Crippen molar-refractivity contribution < 1.29 is 14.3 Å². The third-order valence-corrected chi connectivity index (χ3v) is 5.85. The lowest BCUT2D eigenvalue weighted by molar-refractivity contribution is -0.140. The van der Waals surface area contributed by atoms with Crippen LogP contribution in [0, 0.1) is 23.7 Å². The molecule has 4 aliphatic rings. The average Bonchev–Trinajstić information content (AvgIpc) is 2.87. The summed E-state index contributed by atoms with van der Waals surface area (Å²) in [6, 6.07) is 5.48. The van der Waals surface area contributed by atoms with Gasteiger partial charge in [0.25, 0.3) is 11.8 Å². The van der Waals surface area contributed by atoms with Gasteiger partial charge in [-0.15, -0.1) is 0 Å². The van der Waals surface area contributed by atoms with Gasteiger partial charge in [-0.3, -0.25) is 9.59 Å². The maximum atomic E-state index is 12.7. The van der Waals surface area contributed by atoms with Crippen LogP contribution in [0.3, 0.4) is 0 Å². The molecule has 4 atom stereocenters. The van der Waals surface area contributed by atoms with E-state index in [0.29, 0.717) is 5.75 Å². The van der Waals surface area contributed by atoms with Gasteiger partial charge in [0, 0.05) is 0 Å². The summed E-state index contributed by atoms with van der Waals surface area (Å²) >= 11 is 3.42. The quantitative estimate of drug-likeness (QED) is 0.454. The molecule has 1 aromatic rings. The first-order valence-corrected chi connectivity index (χ1v) is 8.83. The molecule has 0 radical (unpaired) electrons. The minimum atomic E-state index is -0.221. The summed E-state index contributed by atoms with van der Waals surface area (Å²) in [4.78, 5) is 25.3. The molecule has 0 unspecified atom stereocenters. The number of hydrazone groups is 1. The highest BCUT2D eigenvalue weighted by Gasteiger charge is 2.56. The van der Waals surface area contributed by atoms with Gasteiger partial charge in [0.2, 0.25) is 0 Å². The number of rotatable bonds is 3. The van der Waals surface area contributed by atoms with Crippen molar-refractivity contribution in [1.29, 1.82) is 0 Å². The van der Waals surface area contributed by atoms with Crippen molar-refractivity contribution in [3.63, 3.8) is 0 Å². The predicted octanol–water partition coefficient (Wildman–Crippen LogP) is 2.99. The van der Waals surface area contributed by atoms with E-state index in [9.17, 15) is 9.59 Å². The van der Waals surface area contributed by atoms with Crippen LogP contribution in [0.2, 0.25) is 0 Å². The highest BCUT2D eigenvalue weighted by Crippen LogP contribution is 2.49. The Morgan fingerprint density at radius 2 is 1.79 bits per heavy atom. The number of hydrogen-bond donors (Lipinski definition) is 0. The lowest BCUT2D eigenvalue weighted by Gasteiger charge is -2.37. The van der Waals surface area contributed by atoms with Crippen LogP contribution in [0.1, 0.15) is 18.4 Å². The van der Waals surface area contributed by atoms with Crippen molar-refractivity contribution in [3.05, 3.63) is 40.4 Å². The van der Waals surface area contributed by atoms with Gasteiger partial charge in [-0.2, -0.15) is 10.1 Å². The first kappa shape index (κ1) is 15.6. The number of nitrogens with zero attached hydrogens (tertiary/aromatic N) is 2. The molecule has 3 aliphatic carbocycles. The summed E-state index contributed by atoms with van der Waals surface area (Å²) in [5.74, 6) is 0.329. The van der Waals surface area contributed by atoms with Gasteiger partial charge >= 0.3 is 0 Å². The molecule has 24 heavy (non-hydrogen) atoms. The number of amides is 2. The number of methoxy groups -OCH3 is 1. The second kappa shape index (κ2) is 5.84. The van der Waals surface area contributed by atoms with E-state index in [1.807, 2.05) is 18.2 Å². The van der Waals surface area contributed by atoms with Crippen molar-refractivity contribution in [2.45, 2.75) is 12.8 Å². The Hall–Kier alpha value is -1.95. The average molecular weight is 389 g/mol. The van der Waals surface area contributed by atoms with Crippen LogP contribution >= 0.6 is 15.9 Å². The molecule has 1 aliphatic heterocycles. The molecule has 1 saturated heterocycles. The third kappa shape index (κ3) is 2.32. The molecule has 124 valence electrons. The van der Waals surface area contributed by atoms with E-state index in [2.05, 4.69) is 33.2 Å². The number of ether oxygens (including phenoxy) is 1. The normalized spacial score (nSPS) is 31.2. The van der Waals surface area contributed by atoms with Gasteiger partial charge in [0.05, 0.1) is 29.6 Å². The van der Waals surface area contributed by atoms with Crippen molar-refractivity contribution >= 4 is 34.0 Å². The zero-order valence-electron chi connectivity index (χ0n) is 13.2. The third-order valence-electron chi connectivity index (χ3n) is 5.23. The fourth-order valence-electron chi connectivity index (χ4n) is 4.06. The van der Waals surface area contributed by atoms with Crippen molar-refractivity contribution in [2.24, 2.45) is 28.8 Å². The van der Waals surface area contributed by atoms with Gasteiger partial charge in [0.1, 0.15) is 5.75 Å². The predicted molar refractivity (Wildman–Crippen MR) is 92.5 cm³/mol. The Labute approximate surface area is 148 Å². The second-order valence-electron chi connectivity index (χ2n) is 6.47. The molecule has 2 bridgehead atoms. The van der Waals surface area contributed by atoms with Crippen LogP contribution in [0.5, 0.6) is 5.75 Å². The highest BCUT2D eigenvalue weighted by molar-refractivity contribution is 9.10. The number of fused-ring (bicyclic) bond motifs is 1. The van der Waals surface area contributed by atoms with Gasteiger partial charge in [0.15, 0.2) is 0 Å². The van der Waals surface area contributed by atoms with Crippen molar-refractivity contribution in [3.8, 4) is 5.75 Å². The first-order chi connectivity index (χ1) is 11.6. The highest BCUT2D eigenvalue weighted by atomic mass is 79.9. The van der Waals surface area contributed by atoms with Crippen LogP contribution in [-0.4, -0.2) is 30.1 Å². The fraction of sp³-hybridized carbons (Fsp3) is 0.389. The van der Waals surface area contributed by atoms with E-state index in [1.165, 1.54) is 0 Å². The Bertz CT molecular complexity index is 742. The topological polar surface area (TPSA) is 59.0 Å². The van der Waals surface area contributed by atoms with E-state index >= 15 is 0 Å². The Balaban J connectivity index is 1.58.